The largest absolute Gasteiger partial charge is 0.503 e. The van der Waals surface area contributed by atoms with Gasteiger partial charge in [-0.3, -0.25) is 38.5 Å². The summed E-state index contributed by atoms with van der Waals surface area (Å²) in [4.78, 5) is 117. The van der Waals surface area contributed by atoms with E-state index in [-0.39, 0.29) is 42.7 Å². The van der Waals surface area contributed by atoms with Gasteiger partial charge in [0.05, 0.1) is 11.7 Å². The van der Waals surface area contributed by atoms with Crippen LogP contribution in [-0.2, 0) is 57.3 Å². The number of Topliss-reactive ketones (excluding diaryl/α,β-unsaturated/α-hetero) is 3. The zero-order chi connectivity index (χ0) is 58.5. The SMILES string of the molecule is C/C=C/C=C/C1=CC2=CC(=O)C(C)(OC(=O)C(C)O)C(=O)C2=CO1.C/C=C/C=C/CC1=C(CC(C)=O)C(=O)OC1.C/C=C/C=C/CC1=C(CC(C)O)C(=O)OC1.C/C=C/CC(C)C(=O)c1c(O)c(OC=O)c(OC=O)[nH]c1=O. The molecule has 0 bridgehead atoms. The number of rotatable bonds is 22. The number of nitrogens with one attached hydrogen (secondary N) is 1. The molecule has 418 valence electrons. The second kappa shape index (κ2) is 33.4. The number of allylic oxidation sites excluding steroid dienone is 16. The van der Waals surface area contributed by atoms with E-state index in [2.05, 4.69) is 14.5 Å². The minimum absolute atomic E-state index is 0.0104. The van der Waals surface area contributed by atoms with Gasteiger partial charge in [0.25, 0.3) is 24.4 Å². The normalized spacial score (nSPS) is 18.3. The summed E-state index contributed by atoms with van der Waals surface area (Å²) in [6.45, 7) is 15.3. The van der Waals surface area contributed by atoms with Crippen molar-refractivity contribution in [2.24, 2.45) is 5.92 Å². The monoisotopic (exact) mass is 1080 g/mol. The van der Waals surface area contributed by atoms with Gasteiger partial charge in [0.15, 0.2) is 11.5 Å². The lowest BCUT2D eigenvalue weighted by atomic mass is 9.80. The molecule has 4 heterocycles. The molecule has 5 rings (SSSR count). The molecule has 4 unspecified atom stereocenters. The Morgan fingerprint density at radius 2 is 1.33 bits per heavy atom. The number of aromatic nitrogens is 1. The predicted octanol–water partition coefficient (Wildman–Crippen LogP) is 7.09. The first-order chi connectivity index (χ1) is 37.1. The minimum atomic E-state index is -2.00. The van der Waals surface area contributed by atoms with Gasteiger partial charge < -0.3 is 43.7 Å². The number of aliphatic hydroxyl groups is 2. The van der Waals surface area contributed by atoms with E-state index < -0.39 is 75.5 Å². The summed E-state index contributed by atoms with van der Waals surface area (Å²) in [5.41, 5.74) is 0.0850. The number of carbonyl (C=O) groups is 9. The van der Waals surface area contributed by atoms with E-state index in [0.717, 1.165) is 11.1 Å². The smallest absolute Gasteiger partial charge is 0.336 e. The molecule has 3 aliphatic heterocycles. The van der Waals surface area contributed by atoms with Crippen molar-refractivity contribution in [1.29, 1.82) is 0 Å². The molecule has 0 radical (unpaired) electrons. The molecule has 1 aliphatic carbocycles. The highest BCUT2D eigenvalue weighted by molar-refractivity contribution is 6.26. The lowest BCUT2D eigenvalue weighted by Gasteiger charge is -2.31. The summed E-state index contributed by atoms with van der Waals surface area (Å²) in [5.74, 6) is -5.81. The van der Waals surface area contributed by atoms with E-state index in [9.17, 15) is 63.3 Å². The lowest BCUT2D eigenvalue weighted by molar-refractivity contribution is -0.174. The molecular weight excluding hydrogens is 1010 g/mol. The number of aliphatic hydroxyl groups excluding tert-OH is 2. The average Bonchev–Trinajstić information content (AvgIpc) is 3.92. The number of carbonyl (C=O) groups excluding carboxylic acids is 9. The van der Waals surface area contributed by atoms with Crippen molar-refractivity contribution in [2.45, 2.75) is 112 Å². The Morgan fingerprint density at radius 1 is 0.769 bits per heavy atom. The number of esters is 3. The maximum absolute atomic E-state index is 12.6. The molecule has 4 atom stereocenters. The molecule has 0 saturated carbocycles. The molecule has 20 nitrogen and oxygen atoms in total. The van der Waals surface area contributed by atoms with Gasteiger partial charge in [-0.1, -0.05) is 85.9 Å². The molecule has 1 aromatic rings. The topological polar surface area (TPSA) is 303 Å². The number of aromatic hydroxyl groups is 1. The van der Waals surface area contributed by atoms with E-state index in [4.69, 9.17) is 18.9 Å². The summed E-state index contributed by atoms with van der Waals surface area (Å²) >= 11 is 0. The molecular formula is C58H67NO19. The van der Waals surface area contributed by atoms with Gasteiger partial charge in [-0.05, 0) is 110 Å². The first kappa shape index (κ1) is 65.5. The highest BCUT2D eigenvalue weighted by atomic mass is 16.6. The molecule has 0 aromatic carbocycles. The van der Waals surface area contributed by atoms with Crippen LogP contribution >= 0.6 is 0 Å². The number of aromatic amines is 1. The Morgan fingerprint density at radius 3 is 1.86 bits per heavy atom. The Bertz CT molecular complexity index is 2850. The van der Waals surface area contributed by atoms with Crippen LogP contribution in [0.15, 0.2) is 147 Å². The zero-order valence-electron chi connectivity index (χ0n) is 45.0. The van der Waals surface area contributed by atoms with E-state index in [1.807, 2.05) is 81.5 Å². The van der Waals surface area contributed by atoms with Crippen molar-refractivity contribution >= 4 is 54.0 Å². The van der Waals surface area contributed by atoms with Crippen LogP contribution < -0.4 is 15.0 Å². The fraction of sp³-hybridized carbons (Fsp3) is 0.345. The Hall–Kier alpha value is -8.62. The predicted molar refractivity (Wildman–Crippen MR) is 285 cm³/mol. The van der Waals surface area contributed by atoms with Gasteiger partial charge in [-0.15, -0.1) is 0 Å². The summed E-state index contributed by atoms with van der Waals surface area (Å²) in [6.07, 6.45) is 30.5. The van der Waals surface area contributed by atoms with Gasteiger partial charge in [0.1, 0.15) is 42.7 Å². The van der Waals surface area contributed by atoms with Crippen LogP contribution in [0, 0.1) is 5.92 Å². The molecule has 4 aliphatic rings. The highest BCUT2D eigenvalue weighted by Crippen LogP contribution is 2.37. The average molecular weight is 1080 g/mol. The van der Waals surface area contributed by atoms with Crippen LogP contribution in [0.4, 0.5) is 0 Å². The lowest BCUT2D eigenvalue weighted by Crippen LogP contribution is -2.51. The second-order valence-corrected chi connectivity index (χ2v) is 17.4. The number of hydrogen-bond donors (Lipinski definition) is 4. The molecule has 4 N–H and O–H groups in total. The van der Waals surface area contributed by atoms with E-state index in [1.54, 1.807) is 51.2 Å². The molecule has 0 saturated heterocycles. The fourth-order valence-corrected chi connectivity index (χ4v) is 6.98. The van der Waals surface area contributed by atoms with Gasteiger partial charge in [-0.25, -0.2) is 14.4 Å². The summed E-state index contributed by atoms with van der Waals surface area (Å²) < 4.78 is 29.1. The van der Waals surface area contributed by atoms with Gasteiger partial charge >= 0.3 is 17.9 Å². The molecule has 0 spiro atoms. The van der Waals surface area contributed by atoms with Crippen molar-refractivity contribution in [3.8, 4) is 17.4 Å². The van der Waals surface area contributed by atoms with Crippen LogP contribution in [0.25, 0.3) is 0 Å². The van der Waals surface area contributed by atoms with E-state index >= 15 is 0 Å². The third-order valence-corrected chi connectivity index (χ3v) is 11.1. The fourth-order valence-electron chi connectivity index (χ4n) is 6.98. The van der Waals surface area contributed by atoms with Gasteiger partial charge in [0, 0.05) is 29.9 Å². The van der Waals surface area contributed by atoms with Crippen molar-refractivity contribution in [2.75, 3.05) is 13.2 Å². The van der Waals surface area contributed by atoms with Crippen molar-refractivity contribution in [3.05, 3.63) is 159 Å². The van der Waals surface area contributed by atoms with Crippen LogP contribution in [0.2, 0.25) is 0 Å². The van der Waals surface area contributed by atoms with Crippen LogP contribution in [0.3, 0.4) is 0 Å². The zero-order valence-corrected chi connectivity index (χ0v) is 45.0. The number of pyridine rings is 1. The number of hydrogen-bond acceptors (Lipinski definition) is 19. The summed E-state index contributed by atoms with van der Waals surface area (Å²) in [6, 6.07) is 0. The molecule has 20 heteroatoms. The second-order valence-electron chi connectivity index (χ2n) is 17.4. The van der Waals surface area contributed by atoms with Crippen LogP contribution in [0.5, 0.6) is 17.4 Å². The Balaban J connectivity index is 0.000000361. The summed E-state index contributed by atoms with van der Waals surface area (Å²) in [7, 11) is 0. The highest BCUT2D eigenvalue weighted by Gasteiger charge is 2.50. The van der Waals surface area contributed by atoms with E-state index in [1.165, 1.54) is 33.1 Å². The van der Waals surface area contributed by atoms with Crippen molar-refractivity contribution in [3.63, 3.8) is 0 Å². The molecule has 1 aromatic heterocycles. The molecule has 0 fully saturated rings. The number of ether oxygens (including phenoxy) is 6. The number of fused-ring (bicyclic) bond motifs is 1. The first-order valence-corrected chi connectivity index (χ1v) is 24.5. The third-order valence-electron chi connectivity index (χ3n) is 11.1. The summed E-state index contributed by atoms with van der Waals surface area (Å²) in [5, 5.41) is 28.5. The number of cyclic esters (lactones) is 2. The van der Waals surface area contributed by atoms with Gasteiger partial charge in [0.2, 0.25) is 22.9 Å². The quantitative estimate of drug-likeness (QED) is 0.0171. The first-order valence-electron chi connectivity index (χ1n) is 24.5. The maximum Gasteiger partial charge on any atom is 0.336 e. The number of ketones is 4. The molecule has 0 amide bonds. The maximum atomic E-state index is 12.6. The Kier molecular flexibility index (Phi) is 28.1. The van der Waals surface area contributed by atoms with Crippen LogP contribution in [0.1, 0.15) is 105 Å². The van der Waals surface area contributed by atoms with Crippen LogP contribution in [-0.4, -0.2) is 105 Å². The Labute approximate surface area is 451 Å². The molecule has 78 heavy (non-hydrogen) atoms. The standard InChI is InChI=1S/C18H18O6.C14H15NO7.C13H18O3.C13H16O3/c1-4-5-6-7-13-8-12-9-15(20)18(3,24-17(22)11(2)19)16(21)14(12)10-23-13;1-3-4-5-8(2)10(18)9-11(19)12(21-6-16)14(22-7-17)15-13(9)20;2*1-3-4-5-6-7-11-9-16-13(15)12(11)8-10(2)14/h4-11,19H,1-3H3;3-4,6-8H,5H2,1-2H3,(H2,15,19,20);3-6,10,14H,7-9H2,1-2H3;3-6H,7-9H2,1-2H3/b5-4+,7-6+;4-3+;2*4-3+,6-5+. The minimum Gasteiger partial charge on any atom is -0.503 e. The van der Waals surface area contributed by atoms with Crippen molar-refractivity contribution < 1.29 is 86.9 Å². The van der Waals surface area contributed by atoms with E-state index in [0.29, 0.717) is 61.4 Å². The van der Waals surface area contributed by atoms with Crippen molar-refractivity contribution in [1.82, 2.24) is 4.98 Å². The third kappa shape index (κ3) is 19.8. The number of H-pyrrole nitrogens is 1. The van der Waals surface area contributed by atoms with Gasteiger partial charge in [-0.2, -0.15) is 0 Å².